The minimum absolute atomic E-state index is 0.139. The van der Waals surface area contributed by atoms with E-state index in [-0.39, 0.29) is 17.6 Å². The van der Waals surface area contributed by atoms with Crippen molar-refractivity contribution in [2.24, 2.45) is 5.92 Å². The molecule has 172 valence electrons. The van der Waals surface area contributed by atoms with E-state index < -0.39 is 19.0 Å². The standard InChI is InChI=1S/C22H24F3N3O3S/c1-13(2)20(29)31-15(4)28-18-8-6-5-7-16(18)27-21(28)32-11-17-14(3)19(9-10-26-17)30-12-22(23,24)25/h5-10,13,15H,11-12H2,1-4H3. The highest BCUT2D eigenvalue weighted by atomic mass is 32.2. The average Bonchev–Trinajstić information content (AvgIpc) is 3.09. The fraction of sp³-hybridized carbons (Fsp3) is 0.409. The van der Waals surface area contributed by atoms with E-state index in [4.69, 9.17) is 9.47 Å². The lowest BCUT2D eigenvalue weighted by molar-refractivity contribution is -0.156. The first kappa shape index (κ1) is 23.9. The smallest absolute Gasteiger partial charge is 0.422 e. The number of imidazole rings is 1. The van der Waals surface area contributed by atoms with E-state index in [9.17, 15) is 18.0 Å². The third-order valence-corrected chi connectivity index (χ3v) is 5.64. The van der Waals surface area contributed by atoms with Crippen molar-refractivity contribution in [2.75, 3.05) is 6.61 Å². The molecule has 0 bridgehead atoms. The summed E-state index contributed by atoms with van der Waals surface area (Å²) in [6.07, 6.45) is -3.58. The lowest BCUT2D eigenvalue weighted by atomic mass is 10.2. The minimum atomic E-state index is -4.42. The zero-order valence-corrected chi connectivity index (χ0v) is 19.0. The summed E-state index contributed by atoms with van der Waals surface area (Å²) in [7, 11) is 0. The second kappa shape index (κ2) is 9.81. The maximum absolute atomic E-state index is 12.5. The summed E-state index contributed by atoms with van der Waals surface area (Å²) in [6.45, 7) is 5.61. The molecule has 2 aromatic heterocycles. The van der Waals surface area contributed by atoms with Gasteiger partial charge in [0, 0.05) is 17.5 Å². The number of halogens is 3. The molecular formula is C22H24F3N3O3S. The fourth-order valence-electron chi connectivity index (χ4n) is 2.99. The van der Waals surface area contributed by atoms with Crippen LogP contribution in [0.25, 0.3) is 11.0 Å². The predicted molar refractivity (Wildman–Crippen MR) is 115 cm³/mol. The van der Waals surface area contributed by atoms with Gasteiger partial charge >= 0.3 is 12.1 Å². The Balaban J connectivity index is 1.85. The number of esters is 1. The first-order chi connectivity index (χ1) is 15.1. The Morgan fingerprint density at radius 3 is 2.59 bits per heavy atom. The summed E-state index contributed by atoms with van der Waals surface area (Å²) in [5, 5.41) is 0.609. The van der Waals surface area contributed by atoms with E-state index in [1.165, 1.54) is 24.0 Å². The number of thioether (sulfide) groups is 1. The molecule has 0 spiro atoms. The van der Waals surface area contributed by atoms with Gasteiger partial charge < -0.3 is 9.47 Å². The summed E-state index contributed by atoms with van der Waals surface area (Å²) in [5.74, 6) is -0.100. The number of nitrogens with zero attached hydrogens (tertiary/aromatic N) is 3. The highest BCUT2D eigenvalue weighted by Crippen LogP contribution is 2.32. The second-order valence-electron chi connectivity index (χ2n) is 7.52. The van der Waals surface area contributed by atoms with E-state index in [1.54, 1.807) is 27.7 Å². The molecule has 0 aliphatic rings. The maximum Gasteiger partial charge on any atom is 0.422 e. The van der Waals surface area contributed by atoms with Crippen LogP contribution < -0.4 is 4.74 Å². The van der Waals surface area contributed by atoms with Crippen LogP contribution in [0.4, 0.5) is 13.2 Å². The van der Waals surface area contributed by atoms with Crippen LogP contribution in [0.2, 0.25) is 0 Å². The fourth-order valence-corrected chi connectivity index (χ4v) is 4.09. The average molecular weight is 468 g/mol. The molecule has 2 heterocycles. The Morgan fingerprint density at radius 1 is 1.19 bits per heavy atom. The van der Waals surface area contributed by atoms with Gasteiger partial charge in [0.25, 0.3) is 0 Å². The summed E-state index contributed by atoms with van der Waals surface area (Å²) in [6, 6.07) is 8.91. The Bertz CT molecular complexity index is 1100. The number of fused-ring (bicyclic) bond motifs is 1. The predicted octanol–water partition coefficient (Wildman–Crippen LogP) is 5.69. The molecule has 0 fully saturated rings. The number of alkyl halides is 3. The van der Waals surface area contributed by atoms with E-state index in [0.29, 0.717) is 22.2 Å². The highest BCUT2D eigenvalue weighted by molar-refractivity contribution is 7.98. The van der Waals surface area contributed by atoms with Gasteiger partial charge in [-0.3, -0.25) is 14.3 Å². The van der Waals surface area contributed by atoms with Crippen molar-refractivity contribution in [3.05, 3.63) is 47.8 Å². The van der Waals surface area contributed by atoms with Gasteiger partial charge in [-0.25, -0.2) is 4.98 Å². The van der Waals surface area contributed by atoms with Crippen LogP contribution in [0.3, 0.4) is 0 Å². The lowest BCUT2D eigenvalue weighted by Crippen LogP contribution is -2.19. The van der Waals surface area contributed by atoms with Crippen molar-refractivity contribution in [2.45, 2.75) is 51.0 Å². The van der Waals surface area contributed by atoms with Gasteiger partial charge in [-0.05, 0) is 32.0 Å². The third kappa shape index (κ3) is 5.73. The number of aromatic nitrogens is 3. The van der Waals surface area contributed by atoms with Crippen molar-refractivity contribution in [1.82, 2.24) is 14.5 Å². The Morgan fingerprint density at radius 2 is 1.91 bits per heavy atom. The van der Waals surface area contributed by atoms with Crippen molar-refractivity contribution in [3.63, 3.8) is 0 Å². The van der Waals surface area contributed by atoms with Crippen molar-refractivity contribution >= 4 is 28.8 Å². The Hall–Kier alpha value is -2.75. The lowest BCUT2D eigenvalue weighted by Gasteiger charge is -2.19. The summed E-state index contributed by atoms with van der Waals surface area (Å²) in [5.41, 5.74) is 2.67. The number of carbonyl (C=O) groups excluding carboxylic acids is 1. The largest absolute Gasteiger partial charge is 0.484 e. The third-order valence-electron chi connectivity index (χ3n) is 4.67. The maximum atomic E-state index is 12.5. The molecule has 3 rings (SSSR count). The van der Waals surface area contributed by atoms with E-state index in [1.807, 2.05) is 28.8 Å². The zero-order chi connectivity index (χ0) is 23.5. The van der Waals surface area contributed by atoms with Crippen LogP contribution in [0, 0.1) is 12.8 Å². The minimum Gasteiger partial charge on any atom is -0.484 e. The molecule has 0 N–H and O–H groups in total. The van der Waals surface area contributed by atoms with E-state index in [0.717, 1.165) is 11.0 Å². The molecule has 0 aliphatic heterocycles. The molecule has 0 radical (unpaired) electrons. The molecule has 1 unspecified atom stereocenters. The highest BCUT2D eigenvalue weighted by Gasteiger charge is 2.29. The Labute approximate surface area is 188 Å². The normalized spacial score (nSPS) is 12.9. The van der Waals surface area contributed by atoms with E-state index in [2.05, 4.69) is 9.97 Å². The quantitative estimate of drug-likeness (QED) is 0.313. The van der Waals surface area contributed by atoms with Crippen LogP contribution in [-0.4, -0.2) is 33.3 Å². The molecule has 3 aromatic rings. The topological polar surface area (TPSA) is 66.2 Å². The van der Waals surface area contributed by atoms with Gasteiger partial charge in [-0.15, -0.1) is 0 Å². The number of benzene rings is 1. The molecule has 1 aromatic carbocycles. The van der Waals surface area contributed by atoms with Crippen LogP contribution in [0.5, 0.6) is 5.75 Å². The molecule has 10 heteroatoms. The summed E-state index contributed by atoms with van der Waals surface area (Å²) >= 11 is 1.36. The SMILES string of the molecule is Cc1c(OCC(F)(F)F)ccnc1CSc1nc2ccccc2n1C(C)OC(=O)C(C)C. The number of para-hydroxylation sites is 2. The first-order valence-electron chi connectivity index (χ1n) is 10.0. The molecule has 0 saturated heterocycles. The number of hydrogen-bond donors (Lipinski definition) is 0. The summed E-state index contributed by atoms with van der Waals surface area (Å²) in [4.78, 5) is 21.1. The monoisotopic (exact) mass is 467 g/mol. The van der Waals surface area contributed by atoms with Crippen molar-refractivity contribution in [3.8, 4) is 5.75 Å². The van der Waals surface area contributed by atoms with Crippen LogP contribution in [0.1, 0.15) is 38.3 Å². The number of ether oxygens (including phenoxy) is 2. The van der Waals surface area contributed by atoms with Gasteiger partial charge in [0.15, 0.2) is 18.0 Å². The summed E-state index contributed by atoms with van der Waals surface area (Å²) < 4.78 is 49.9. The molecule has 32 heavy (non-hydrogen) atoms. The molecule has 0 aliphatic carbocycles. The van der Waals surface area contributed by atoms with Crippen LogP contribution in [-0.2, 0) is 15.3 Å². The van der Waals surface area contributed by atoms with Gasteiger partial charge in [0.2, 0.25) is 0 Å². The number of carbonyl (C=O) groups is 1. The second-order valence-corrected chi connectivity index (χ2v) is 8.46. The van der Waals surface area contributed by atoms with E-state index >= 15 is 0 Å². The number of rotatable bonds is 8. The zero-order valence-electron chi connectivity index (χ0n) is 18.1. The number of hydrogen-bond acceptors (Lipinski definition) is 6. The van der Waals surface area contributed by atoms with Gasteiger partial charge in [-0.2, -0.15) is 13.2 Å². The molecule has 6 nitrogen and oxygen atoms in total. The van der Waals surface area contributed by atoms with Gasteiger partial charge in [0.1, 0.15) is 5.75 Å². The van der Waals surface area contributed by atoms with Crippen LogP contribution in [0.15, 0.2) is 41.7 Å². The molecule has 0 saturated carbocycles. The van der Waals surface area contributed by atoms with Gasteiger partial charge in [0.05, 0.1) is 22.6 Å². The van der Waals surface area contributed by atoms with Gasteiger partial charge in [-0.1, -0.05) is 37.7 Å². The Kier molecular flexibility index (Phi) is 7.33. The van der Waals surface area contributed by atoms with Crippen LogP contribution >= 0.6 is 11.8 Å². The van der Waals surface area contributed by atoms with Crippen molar-refractivity contribution < 1.29 is 27.4 Å². The first-order valence-corrected chi connectivity index (χ1v) is 11.0. The molecule has 1 atom stereocenters. The van der Waals surface area contributed by atoms with Crippen molar-refractivity contribution in [1.29, 1.82) is 0 Å². The number of pyridine rings is 1. The molecular weight excluding hydrogens is 443 g/mol. The molecule has 0 amide bonds.